The summed E-state index contributed by atoms with van der Waals surface area (Å²) in [5.74, 6) is 0.0319. The highest BCUT2D eigenvalue weighted by Gasteiger charge is 2.12. The number of hydrogen-bond acceptors (Lipinski definition) is 3. The van der Waals surface area contributed by atoms with Crippen LogP contribution in [0.4, 0.5) is 5.69 Å². The van der Waals surface area contributed by atoms with Gasteiger partial charge in [0, 0.05) is 24.8 Å². The lowest BCUT2D eigenvalue weighted by Gasteiger charge is -2.12. The van der Waals surface area contributed by atoms with Gasteiger partial charge < -0.3 is 15.0 Å². The molecule has 0 spiro atoms. The number of likely N-dealkylation sites (N-methyl/N-ethyl adjacent to an activating group) is 1. The van der Waals surface area contributed by atoms with Crippen LogP contribution in [0.1, 0.15) is 5.56 Å². The van der Waals surface area contributed by atoms with E-state index in [1.807, 2.05) is 0 Å². The molecular weight excluding hydrogens is 443 g/mol. The maximum atomic E-state index is 12.0. The van der Waals surface area contributed by atoms with Gasteiger partial charge in [-0.25, -0.2) is 0 Å². The zero-order valence-electron chi connectivity index (χ0n) is 14.2. The molecule has 0 saturated heterocycles. The Morgan fingerprint density at radius 3 is 2.38 bits per heavy atom. The van der Waals surface area contributed by atoms with E-state index in [0.717, 1.165) is 5.56 Å². The van der Waals surface area contributed by atoms with Gasteiger partial charge in [0.05, 0.1) is 15.9 Å². The molecule has 0 aliphatic rings. The fourth-order valence-corrected chi connectivity index (χ4v) is 3.41. The van der Waals surface area contributed by atoms with Gasteiger partial charge in [-0.3, -0.25) is 9.59 Å². The smallest absolute Gasteiger partial charge is 0.262 e. The highest BCUT2D eigenvalue weighted by molar-refractivity contribution is 9.10. The number of ether oxygens (including phenoxy) is 1. The van der Waals surface area contributed by atoms with Crippen molar-refractivity contribution in [3.05, 3.63) is 56.5 Å². The maximum absolute atomic E-state index is 12.0. The average Bonchev–Trinajstić information content (AvgIpc) is 2.55. The van der Waals surface area contributed by atoms with E-state index in [1.54, 1.807) is 44.4 Å². The van der Waals surface area contributed by atoms with Gasteiger partial charge in [-0.1, -0.05) is 35.3 Å². The van der Waals surface area contributed by atoms with Crippen LogP contribution in [0.5, 0.6) is 5.75 Å². The number of benzene rings is 2. The SMILES string of the molecule is CN(C)C(=O)Cc1ccc(NC(=O)COc2c(Cl)cc(Cl)cc2Br)cc1. The number of carbonyl (C=O) groups excluding carboxylic acids is 2. The minimum absolute atomic E-state index is 0.0144. The molecule has 0 aliphatic carbocycles. The fraction of sp³-hybridized carbons (Fsp3) is 0.222. The Labute approximate surface area is 170 Å². The summed E-state index contributed by atoms with van der Waals surface area (Å²) in [6.45, 7) is -0.208. The van der Waals surface area contributed by atoms with Crippen molar-refractivity contribution >= 4 is 56.6 Å². The third-order valence-corrected chi connectivity index (χ3v) is 4.49. The Balaban J connectivity index is 1.91. The molecule has 8 heteroatoms. The summed E-state index contributed by atoms with van der Waals surface area (Å²) in [4.78, 5) is 25.3. The Bertz CT molecular complexity index is 788. The lowest BCUT2D eigenvalue weighted by atomic mass is 10.1. The van der Waals surface area contributed by atoms with E-state index in [9.17, 15) is 9.59 Å². The summed E-state index contributed by atoms with van der Waals surface area (Å²) >= 11 is 15.2. The highest BCUT2D eigenvalue weighted by Crippen LogP contribution is 2.35. The van der Waals surface area contributed by atoms with Crippen molar-refractivity contribution in [2.75, 3.05) is 26.0 Å². The van der Waals surface area contributed by atoms with Crippen molar-refractivity contribution in [3.8, 4) is 5.75 Å². The lowest BCUT2D eigenvalue weighted by molar-refractivity contribution is -0.128. The van der Waals surface area contributed by atoms with Gasteiger partial charge in [0.2, 0.25) is 5.91 Å². The number of halogens is 3. The van der Waals surface area contributed by atoms with Crippen LogP contribution in [-0.2, 0) is 16.0 Å². The molecule has 0 fully saturated rings. The minimum atomic E-state index is -0.333. The molecule has 0 unspecified atom stereocenters. The Kier molecular flexibility index (Phi) is 7.32. The van der Waals surface area contributed by atoms with Crippen LogP contribution in [0.2, 0.25) is 10.0 Å². The summed E-state index contributed by atoms with van der Waals surface area (Å²) in [5.41, 5.74) is 1.48. The summed E-state index contributed by atoms with van der Waals surface area (Å²) in [5, 5.41) is 3.50. The monoisotopic (exact) mass is 458 g/mol. The summed E-state index contributed by atoms with van der Waals surface area (Å²) < 4.78 is 6.03. The van der Waals surface area contributed by atoms with Crippen molar-refractivity contribution in [1.82, 2.24) is 4.90 Å². The molecule has 26 heavy (non-hydrogen) atoms. The summed E-state index contributed by atoms with van der Waals surface area (Å²) in [7, 11) is 3.42. The first-order valence-electron chi connectivity index (χ1n) is 7.62. The van der Waals surface area contributed by atoms with Crippen LogP contribution < -0.4 is 10.1 Å². The van der Waals surface area contributed by atoms with Crippen LogP contribution in [-0.4, -0.2) is 37.4 Å². The number of carbonyl (C=O) groups is 2. The molecular formula is C18H17BrCl2N2O3. The Morgan fingerprint density at radius 2 is 1.81 bits per heavy atom. The second-order valence-electron chi connectivity index (χ2n) is 5.70. The number of anilines is 1. The van der Waals surface area contributed by atoms with Crippen LogP contribution in [0.3, 0.4) is 0 Å². The maximum Gasteiger partial charge on any atom is 0.262 e. The average molecular weight is 460 g/mol. The predicted octanol–water partition coefficient (Wildman–Crippen LogP) is 4.40. The Hall–Kier alpha value is -1.76. The number of amides is 2. The van der Waals surface area contributed by atoms with Gasteiger partial charge in [-0.05, 0) is 45.8 Å². The molecule has 2 aromatic rings. The molecule has 138 valence electrons. The highest BCUT2D eigenvalue weighted by atomic mass is 79.9. The van der Waals surface area contributed by atoms with E-state index in [1.165, 1.54) is 11.0 Å². The second-order valence-corrected chi connectivity index (χ2v) is 7.40. The predicted molar refractivity (Wildman–Crippen MR) is 107 cm³/mol. The number of hydrogen-bond donors (Lipinski definition) is 1. The molecule has 1 N–H and O–H groups in total. The normalized spacial score (nSPS) is 10.3. The molecule has 0 aliphatic heterocycles. The first kappa shape index (κ1) is 20.6. The molecule has 2 rings (SSSR count). The first-order chi connectivity index (χ1) is 12.3. The summed E-state index contributed by atoms with van der Waals surface area (Å²) in [6, 6.07) is 10.2. The third kappa shape index (κ3) is 5.90. The van der Waals surface area contributed by atoms with Gasteiger partial charge in [0.25, 0.3) is 5.91 Å². The third-order valence-electron chi connectivity index (χ3n) is 3.40. The first-order valence-corrected chi connectivity index (χ1v) is 9.17. The molecule has 0 saturated carbocycles. The largest absolute Gasteiger partial charge is 0.481 e. The number of rotatable bonds is 6. The number of nitrogens with one attached hydrogen (secondary N) is 1. The minimum Gasteiger partial charge on any atom is -0.481 e. The van der Waals surface area contributed by atoms with Crippen LogP contribution in [0.15, 0.2) is 40.9 Å². The van der Waals surface area contributed by atoms with E-state index < -0.39 is 0 Å². The zero-order valence-corrected chi connectivity index (χ0v) is 17.3. The van der Waals surface area contributed by atoms with Gasteiger partial charge in [0.1, 0.15) is 0 Å². The topological polar surface area (TPSA) is 58.6 Å². The van der Waals surface area contributed by atoms with E-state index in [-0.39, 0.29) is 18.4 Å². The molecule has 2 aromatic carbocycles. The van der Waals surface area contributed by atoms with E-state index in [0.29, 0.717) is 32.4 Å². The van der Waals surface area contributed by atoms with Crippen molar-refractivity contribution in [2.24, 2.45) is 0 Å². The molecule has 0 atom stereocenters. The van der Waals surface area contributed by atoms with Gasteiger partial charge in [-0.2, -0.15) is 0 Å². The standard InChI is InChI=1S/C18H17BrCl2N2O3/c1-23(2)17(25)7-11-3-5-13(6-4-11)22-16(24)10-26-18-14(19)8-12(20)9-15(18)21/h3-6,8-9H,7,10H2,1-2H3,(H,22,24). The van der Waals surface area contributed by atoms with Crippen LogP contribution >= 0.6 is 39.1 Å². The lowest BCUT2D eigenvalue weighted by Crippen LogP contribution is -2.23. The van der Waals surface area contributed by atoms with Crippen molar-refractivity contribution in [2.45, 2.75) is 6.42 Å². The molecule has 0 bridgehead atoms. The molecule has 5 nitrogen and oxygen atoms in total. The molecule has 2 amide bonds. The Morgan fingerprint density at radius 1 is 1.15 bits per heavy atom. The zero-order chi connectivity index (χ0) is 19.3. The van der Waals surface area contributed by atoms with Gasteiger partial charge in [-0.15, -0.1) is 0 Å². The van der Waals surface area contributed by atoms with Crippen LogP contribution in [0.25, 0.3) is 0 Å². The van der Waals surface area contributed by atoms with Crippen molar-refractivity contribution in [1.29, 1.82) is 0 Å². The fourth-order valence-electron chi connectivity index (χ4n) is 2.04. The van der Waals surface area contributed by atoms with Gasteiger partial charge in [0.15, 0.2) is 12.4 Å². The van der Waals surface area contributed by atoms with E-state index in [2.05, 4.69) is 21.2 Å². The second kappa shape index (κ2) is 9.26. The van der Waals surface area contributed by atoms with Crippen molar-refractivity contribution < 1.29 is 14.3 Å². The quantitative estimate of drug-likeness (QED) is 0.696. The molecule has 0 heterocycles. The van der Waals surface area contributed by atoms with Gasteiger partial charge >= 0.3 is 0 Å². The molecule has 0 aromatic heterocycles. The summed E-state index contributed by atoms with van der Waals surface area (Å²) in [6.07, 6.45) is 0.313. The van der Waals surface area contributed by atoms with Crippen LogP contribution in [0, 0.1) is 0 Å². The van der Waals surface area contributed by atoms with E-state index in [4.69, 9.17) is 27.9 Å². The van der Waals surface area contributed by atoms with Crippen molar-refractivity contribution in [3.63, 3.8) is 0 Å². The van der Waals surface area contributed by atoms with E-state index >= 15 is 0 Å². The number of nitrogens with zero attached hydrogens (tertiary/aromatic N) is 1. The molecule has 0 radical (unpaired) electrons.